The number of amides is 1. The predicted molar refractivity (Wildman–Crippen MR) is 132 cm³/mol. The number of benzene rings is 2. The number of aromatic amines is 1. The van der Waals surface area contributed by atoms with E-state index >= 15 is 0 Å². The van der Waals surface area contributed by atoms with E-state index in [1.54, 1.807) is 12.3 Å². The van der Waals surface area contributed by atoms with Crippen LogP contribution in [0.4, 0.5) is 5.82 Å². The molecule has 3 heterocycles. The fraction of sp³-hybridized carbons (Fsp3) is 0.160. The second-order valence-electron chi connectivity index (χ2n) is 8.02. The highest BCUT2D eigenvalue weighted by Crippen LogP contribution is 2.24. The van der Waals surface area contributed by atoms with Gasteiger partial charge in [-0.1, -0.05) is 30.3 Å². The van der Waals surface area contributed by atoms with E-state index in [1.165, 1.54) is 22.5 Å². The van der Waals surface area contributed by atoms with Crippen LogP contribution in [0.25, 0.3) is 22.0 Å². The first-order valence-corrected chi connectivity index (χ1v) is 12.4. The van der Waals surface area contributed by atoms with E-state index in [0.29, 0.717) is 29.9 Å². The van der Waals surface area contributed by atoms with Crippen molar-refractivity contribution in [3.8, 4) is 11.1 Å². The van der Waals surface area contributed by atoms with E-state index in [4.69, 9.17) is 4.74 Å². The molecule has 1 fully saturated rings. The Balaban J connectivity index is 1.46. The van der Waals surface area contributed by atoms with Crippen LogP contribution in [0.15, 0.2) is 82.6 Å². The summed E-state index contributed by atoms with van der Waals surface area (Å²) in [6.07, 6.45) is 1.65. The molecule has 0 bridgehead atoms. The molecule has 9 nitrogen and oxygen atoms in total. The van der Waals surface area contributed by atoms with Gasteiger partial charge in [-0.3, -0.25) is 9.59 Å². The highest BCUT2D eigenvalue weighted by Gasteiger charge is 2.27. The summed E-state index contributed by atoms with van der Waals surface area (Å²) in [6, 6.07) is 18.7. The van der Waals surface area contributed by atoms with Gasteiger partial charge in [-0.25, -0.2) is 13.4 Å². The van der Waals surface area contributed by atoms with Crippen molar-refractivity contribution in [1.29, 1.82) is 0 Å². The van der Waals surface area contributed by atoms with Crippen LogP contribution in [0.5, 0.6) is 0 Å². The van der Waals surface area contributed by atoms with E-state index in [-0.39, 0.29) is 23.5 Å². The van der Waals surface area contributed by atoms with Crippen molar-refractivity contribution < 1.29 is 17.9 Å². The molecule has 5 rings (SSSR count). The van der Waals surface area contributed by atoms with E-state index in [1.807, 2.05) is 36.4 Å². The molecule has 0 atom stereocenters. The fourth-order valence-corrected chi connectivity index (χ4v) is 5.40. The van der Waals surface area contributed by atoms with E-state index in [2.05, 4.69) is 15.3 Å². The van der Waals surface area contributed by atoms with E-state index in [9.17, 15) is 18.0 Å². The number of hydrogen-bond donors (Lipinski definition) is 2. The quantitative estimate of drug-likeness (QED) is 0.444. The number of carbonyl (C=O) groups excluding carboxylic acids is 1. The van der Waals surface area contributed by atoms with Crippen molar-refractivity contribution in [2.24, 2.45) is 0 Å². The predicted octanol–water partition coefficient (Wildman–Crippen LogP) is 2.86. The zero-order chi connectivity index (χ0) is 24.4. The number of nitrogens with zero attached hydrogens (tertiary/aromatic N) is 2. The Labute approximate surface area is 201 Å². The Morgan fingerprint density at radius 3 is 2.46 bits per heavy atom. The second-order valence-corrected chi connectivity index (χ2v) is 9.96. The molecule has 2 aromatic carbocycles. The van der Waals surface area contributed by atoms with E-state index in [0.717, 1.165) is 17.2 Å². The number of carbonyl (C=O) groups is 1. The van der Waals surface area contributed by atoms with Crippen molar-refractivity contribution >= 4 is 32.7 Å². The van der Waals surface area contributed by atoms with Crippen LogP contribution >= 0.6 is 0 Å². The first-order valence-electron chi connectivity index (χ1n) is 11.0. The van der Waals surface area contributed by atoms with Gasteiger partial charge in [-0.15, -0.1) is 0 Å². The van der Waals surface area contributed by atoms with Gasteiger partial charge in [0.1, 0.15) is 5.82 Å². The summed E-state index contributed by atoms with van der Waals surface area (Å²) in [7, 11) is -3.78. The second kappa shape index (κ2) is 9.41. The Bertz CT molecular complexity index is 1540. The molecule has 0 saturated carbocycles. The number of anilines is 1. The van der Waals surface area contributed by atoms with Crippen LogP contribution in [0.2, 0.25) is 0 Å². The summed E-state index contributed by atoms with van der Waals surface area (Å²) in [6.45, 7) is 1.15. The van der Waals surface area contributed by atoms with E-state index < -0.39 is 21.5 Å². The third kappa shape index (κ3) is 4.72. The molecule has 178 valence electrons. The number of aromatic nitrogens is 2. The first kappa shape index (κ1) is 22.9. The molecule has 1 saturated heterocycles. The number of rotatable bonds is 5. The Kier molecular flexibility index (Phi) is 6.16. The molecule has 0 unspecified atom stereocenters. The molecule has 4 aromatic rings. The molecule has 0 spiro atoms. The van der Waals surface area contributed by atoms with Crippen molar-refractivity contribution in [2.75, 3.05) is 31.6 Å². The van der Waals surface area contributed by atoms with Crippen molar-refractivity contribution in [3.05, 3.63) is 88.8 Å². The minimum atomic E-state index is -3.78. The molecular weight excluding hydrogens is 468 g/mol. The van der Waals surface area contributed by atoms with Crippen molar-refractivity contribution in [2.45, 2.75) is 4.90 Å². The lowest BCUT2D eigenvalue weighted by Gasteiger charge is -2.26. The molecule has 1 amide bonds. The minimum Gasteiger partial charge on any atom is -0.379 e. The van der Waals surface area contributed by atoms with Crippen molar-refractivity contribution in [3.63, 3.8) is 0 Å². The lowest BCUT2D eigenvalue weighted by molar-refractivity contribution is 0.0730. The topological polar surface area (TPSA) is 121 Å². The maximum absolute atomic E-state index is 13.1. The SMILES string of the molecule is O=C(Nc1ccc(-c2ccccc2)cn1)c1cc(=O)[nH]c2ccc(S(=O)(=O)N3CCOCC3)cc12. The van der Waals surface area contributed by atoms with Crippen LogP contribution < -0.4 is 10.9 Å². The smallest absolute Gasteiger partial charge is 0.257 e. The third-order valence-corrected chi connectivity index (χ3v) is 7.67. The number of fused-ring (bicyclic) bond motifs is 1. The molecule has 0 aliphatic carbocycles. The van der Waals surface area contributed by atoms with Gasteiger partial charge in [0.05, 0.1) is 23.7 Å². The van der Waals surface area contributed by atoms with Crippen LogP contribution in [-0.2, 0) is 14.8 Å². The molecule has 10 heteroatoms. The Hall–Kier alpha value is -3.86. The Morgan fingerprint density at radius 2 is 1.74 bits per heavy atom. The Morgan fingerprint density at radius 1 is 0.971 bits per heavy atom. The average molecular weight is 491 g/mol. The summed E-state index contributed by atoms with van der Waals surface area (Å²) < 4.78 is 32.8. The lowest BCUT2D eigenvalue weighted by Crippen LogP contribution is -2.40. The summed E-state index contributed by atoms with van der Waals surface area (Å²) >= 11 is 0. The van der Waals surface area contributed by atoms with Gasteiger partial charge >= 0.3 is 0 Å². The van der Waals surface area contributed by atoms with Crippen LogP contribution in [0, 0.1) is 0 Å². The number of H-pyrrole nitrogens is 1. The number of nitrogens with one attached hydrogen (secondary N) is 2. The summed E-state index contributed by atoms with van der Waals surface area (Å²) in [5.74, 6) is -0.262. The number of hydrogen-bond acceptors (Lipinski definition) is 6. The average Bonchev–Trinajstić information content (AvgIpc) is 2.89. The summed E-state index contributed by atoms with van der Waals surface area (Å²) in [5, 5.41) is 3.02. The molecule has 1 aliphatic heterocycles. The van der Waals surface area contributed by atoms with Crippen molar-refractivity contribution in [1.82, 2.24) is 14.3 Å². The van der Waals surface area contributed by atoms with Gasteiger partial charge in [0.15, 0.2) is 0 Å². The molecular formula is C25H22N4O5S. The van der Waals surface area contributed by atoms with Gasteiger partial charge in [0, 0.05) is 41.8 Å². The van der Waals surface area contributed by atoms with Crippen LogP contribution in [-0.4, -0.2) is 54.9 Å². The third-order valence-electron chi connectivity index (χ3n) is 5.78. The molecule has 2 N–H and O–H groups in total. The lowest BCUT2D eigenvalue weighted by atomic mass is 10.1. The number of morpholine rings is 1. The fourth-order valence-electron chi connectivity index (χ4n) is 3.97. The van der Waals surface area contributed by atoms with Gasteiger partial charge in [0.2, 0.25) is 15.6 Å². The van der Waals surface area contributed by atoms with Gasteiger partial charge in [0.25, 0.3) is 5.91 Å². The maximum Gasteiger partial charge on any atom is 0.257 e. The van der Waals surface area contributed by atoms with Gasteiger partial charge in [-0.2, -0.15) is 4.31 Å². The zero-order valence-electron chi connectivity index (χ0n) is 18.6. The minimum absolute atomic E-state index is 0.0401. The highest BCUT2D eigenvalue weighted by atomic mass is 32.2. The first-order chi connectivity index (χ1) is 16.9. The largest absolute Gasteiger partial charge is 0.379 e. The molecule has 35 heavy (non-hydrogen) atoms. The monoisotopic (exact) mass is 490 g/mol. The molecule has 2 aromatic heterocycles. The summed E-state index contributed by atoms with van der Waals surface area (Å²) in [4.78, 5) is 32.3. The number of sulfonamides is 1. The summed E-state index contributed by atoms with van der Waals surface area (Å²) in [5.41, 5.74) is 1.82. The number of ether oxygens (including phenoxy) is 1. The normalized spacial score (nSPS) is 14.6. The maximum atomic E-state index is 13.1. The van der Waals surface area contributed by atoms with Gasteiger partial charge in [-0.05, 0) is 35.9 Å². The van der Waals surface area contributed by atoms with Crippen LogP contribution in [0.1, 0.15) is 10.4 Å². The molecule has 1 aliphatic rings. The van der Waals surface area contributed by atoms with Crippen LogP contribution in [0.3, 0.4) is 0 Å². The highest BCUT2D eigenvalue weighted by molar-refractivity contribution is 7.89. The molecule has 0 radical (unpaired) electrons. The standard InChI is InChI=1S/C25H22N4O5S/c30-24-15-21(25(31)28-23-9-6-18(16-26-23)17-4-2-1-3-5-17)20-14-19(7-8-22(20)27-24)35(32,33)29-10-12-34-13-11-29/h1-9,14-16H,10-13H2,(H,27,30)(H,26,28,31). The zero-order valence-corrected chi connectivity index (χ0v) is 19.4. The van der Waals surface area contributed by atoms with Gasteiger partial charge < -0.3 is 15.0 Å². The number of pyridine rings is 2.